The van der Waals surface area contributed by atoms with Gasteiger partial charge in [-0.1, -0.05) is 0 Å². The van der Waals surface area contributed by atoms with Gasteiger partial charge in [0.05, 0.1) is 5.41 Å². The summed E-state index contributed by atoms with van der Waals surface area (Å²) in [6, 6.07) is -0.817. The quantitative estimate of drug-likeness (QED) is 0.676. The first-order valence-electron chi connectivity index (χ1n) is 5.78. The normalized spacial score (nSPS) is 12.8. The molecule has 0 fully saturated rings. The number of carboxylic acids is 1. The van der Waals surface area contributed by atoms with E-state index in [0.717, 1.165) is 0 Å². The number of esters is 1. The number of aromatic nitrogens is 3. The SMILES string of the molecule is CC(Nc1n[nH]nc1COC(=O)C(C)(C)C)C(=O)O. The molecule has 0 saturated carbocycles. The van der Waals surface area contributed by atoms with Crippen molar-refractivity contribution < 1.29 is 19.4 Å². The van der Waals surface area contributed by atoms with Crippen LogP contribution in [-0.4, -0.2) is 38.5 Å². The number of aromatic amines is 1. The van der Waals surface area contributed by atoms with E-state index in [-0.39, 0.29) is 18.4 Å². The van der Waals surface area contributed by atoms with E-state index in [1.165, 1.54) is 6.92 Å². The van der Waals surface area contributed by atoms with Gasteiger partial charge in [0.25, 0.3) is 0 Å². The van der Waals surface area contributed by atoms with Crippen molar-refractivity contribution in [1.29, 1.82) is 0 Å². The minimum Gasteiger partial charge on any atom is -0.480 e. The number of rotatable bonds is 5. The summed E-state index contributed by atoms with van der Waals surface area (Å²) in [5.41, 5.74) is -0.253. The summed E-state index contributed by atoms with van der Waals surface area (Å²) in [5.74, 6) is -1.12. The second-order valence-corrected chi connectivity index (χ2v) is 5.15. The van der Waals surface area contributed by atoms with Crippen molar-refractivity contribution in [2.75, 3.05) is 5.32 Å². The first kappa shape index (κ1) is 14.9. The van der Waals surface area contributed by atoms with Gasteiger partial charge in [-0.2, -0.15) is 10.3 Å². The van der Waals surface area contributed by atoms with Crippen LogP contribution in [0.2, 0.25) is 0 Å². The summed E-state index contributed by atoms with van der Waals surface area (Å²) in [6.07, 6.45) is 0. The number of hydrogen-bond acceptors (Lipinski definition) is 6. The van der Waals surface area contributed by atoms with E-state index >= 15 is 0 Å². The number of nitrogens with zero attached hydrogens (tertiary/aromatic N) is 2. The zero-order valence-electron chi connectivity index (χ0n) is 11.4. The summed E-state index contributed by atoms with van der Waals surface area (Å²) < 4.78 is 5.08. The number of H-pyrrole nitrogens is 1. The third-order valence-electron chi connectivity index (χ3n) is 2.30. The molecule has 1 atom stereocenters. The molecule has 0 aromatic carbocycles. The number of carboxylic acid groups (broad SMARTS) is 1. The molecule has 1 aromatic heterocycles. The van der Waals surface area contributed by atoms with Crippen molar-refractivity contribution in [3.8, 4) is 0 Å². The zero-order valence-corrected chi connectivity index (χ0v) is 11.4. The Hall–Kier alpha value is -2.12. The fourth-order valence-corrected chi connectivity index (χ4v) is 1.09. The maximum absolute atomic E-state index is 11.6. The topological polar surface area (TPSA) is 117 Å². The maximum Gasteiger partial charge on any atom is 0.325 e. The van der Waals surface area contributed by atoms with Crippen LogP contribution < -0.4 is 5.32 Å². The lowest BCUT2D eigenvalue weighted by atomic mass is 9.97. The van der Waals surface area contributed by atoms with Crippen LogP contribution in [0.5, 0.6) is 0 Å². The van der Waals surface area contributed by atoms with Gasteiger partial charge in [0, 0.05) is 0 Å². The Morgan fingerprint density at radius 2 is 2.05 bits per heavy atom. The van der Waals surface area contributed by atoms with Crippen molar-refractivity contribution in [3.63, 3.8) is 0 Å². The molecule has 0 aliphatic carbocycles. The minimum absolute atomic E-state index is 0.0682. The van der Waals surface area contributed by atoms with Crippen LogP contribution >= 0.6 is 0 Å². The van der Waals surface area contributed by atoms with E-state index in [2.05, 4.69) is 20.7 Å². The van der Waals surface area contributed by atoms with Gasteiger partial charge in [-0.15, -0.1) is 5.10 Å². The van der Waals surface area contributed by atoms with Gasteiger partial charge in [0.15, 0.2) is 5.82 Å². The summed E-state index contributed by atoms with van der Waals surface area (Å²) in [7, 11) is 0. The van der Waals surface area contributed by atoms with Crippen LogP contribution in [0, 0.1) is 5.41 Å². The van der Waals surface area contributed by atoms with Gasteiger partial charge in [-0.05, 0) is 27.7 Å². The highest BCUT2D eigenvalue weighted by molar-refractivity contribution is 5.77. The first-order chi connectivity index (χ1) is 8.71. The van der Waals surface area contributed by atoms with E-state index < -0.39 is 17.4 Å². The van der Waals surface area contributed by atoms with Crippen LogP contribution in [-0.2, 0) is 20.9 Å². The third-order valence-corrected chi connectivity index (χ3v) is 2.30. The lowest BCUT2D eigenvalue weighted by Gasteiger charge is -2.16. The molecule has 0 saturated heterocycles. The summed E-state index contributed by atoms with van der Waals surface area (Å²) in [5, 5.41) is 21.4. The predicted octanol–water partition coefficient (Wildman–Crippen LogP) is 0.779. The second-order valence-electron chi connectivity index (χ2n) is 5.15. The molecule has 0 aliphatic heterocycles. The molecule has 0 aliphatic rings. The Balaban J connectivity index is 2.63. The van der Waals surface area contributed by atoms with Crippen LogP contribution in [0.1, 0.15) is 33.4 Å². The largest absolute Gasteiger partial charge is 0.480 e. The number of aliphatic carboxylic acids is 1. The van der Waals surface area contributed by atoms with Crippen molar-refractivity contribution in [2.45, 2.75) is 40.3 Å². The Morgan fingerprint density at radius 1 is 1.42 bits per heavy atom. The lowest BCUT2D eigenvalue weighted by molar-refractivity contribution is -0.154. The molecule has 8 nitrogen and oxygen atoms in total. The highest BCUT2D eigenvalue weighted by atomic mass is 16.5. The molecular formula is C11H18N4O4. The predicted molar refractivity (Wildman–Crippen MR) is 66.4 cm³/mol. The Labute approximate surface area is 110 Å². The molecule has 0 amide bonds. The molecule has 1 rings (SSSR count). The van der Waals surface area contributed by atoms with E-state index in [0.29, 0.717) is 5.69 Å². The molecule has 8 heteroatoms. The molecule has 0 spiro atoms. The number of nitrogens with one attached hydrogen (secondary N) is 2. The lowest BCUT2D eigenvalue weighted by Crippen LogP contribution is -2.26. The van der Waals surface area contributed by atoms with Crippen LogP contribution in [0.4, 0.5) is 5.82 Å². The number of carbonyl (C=O) groups excluding carboxylic acids is 1. The van der Waals surface area contributed by atoms with E-state index in [1.54, 1.807) is 20.8 Å². The summed E-state index contributed by atoms with van der Waals surface area (Å²) in [6.45, 7) is 6.63. The second kappa shape index (κ2) is 5.68. The molecule has 0 radical (unpaired) electrons. The van der Waals surface area contributed by atoms with E-state index in [9.17, 15) is 9.59 Å². The van der Waals surface area contributed by atoms with Gasteiger partial charge >= 0.3 is 11.9 Å². The zero-order chi connectivity index (χ0) is 14.6. The van der Waals surface area contributed by atoms with Gasteiger partial charge in [-0.3, -0.25) is 9.59 Å². The van der Waals surface area contributed by atoms with Gasteiger partial charge in [0.2, 0.25) is 0 Å². The van der Waals surface area contributed by atoms with E-state index in [4.69, 9.17) is 9.84 Å². The van der Waals surface area contributed by atoms with Crippen molar-refractivity contribution in [1.82, 2.24) is 15.4 Å². The molecule has 106 valence electrons. The Kier molecular flexibility index (Phi) is 4.47. The van der Waals surface area contributed by atoms with Crippen LogP contribution in [0.15, 0.2) is 0 Å². The molecule has 3 N–H and O–H groups in total. The molecule has 1 unspecified atom stereocenters. The molecule has 1 aromatic rings. The molecular weight excluding hydrogens is 252 g/mol. The van der Waals surface area contributed by atoms with Crippen LogP contribution in [0.3, 0.4) is 0 Å². The standard InChI is InChI=1S/C11H18N4O4/c1-6(9(16)17)12-8-7(13-15-14-8)5-19-10(18)11(2,3)4/h6H,5H2,1-4H3,(H,16,17)(H2,12,13,14,15). The monoisotopic (exact) mass is 270 g/mol. The van der Waals surface area contributed by atoms with Crippen LogP contribution in [0.25, 0.3) is 0 Å². The first-order valence-corrected chi connectivity index (χ1v) is 5.78. The molecule has 0 bridgehead atoms. The van der Waals surface area contributed by atoms with Gasteiger partial charge in [0.1, 0.15) is 18.3 Å². The maximum atomic E-state index is 11.6. The Morgan fingerprint density at radius 3 is 2.58 bits per heavy atom. The smallest absolute Gasteiger partial charge is 0.325 e. The average Bonchev–Trinajstić information content (AvgIpc) is 2.71. The fourth-order valence-electron chi connectivity index (χ4n) is 1.09. The highest BCUT2D eigenvalue weighted by Crippen LogP contribution is 2.17. The average molecular weight is 270 g/mol. The number of anilines is 1. The van der Waals surface area contributed by atoms with Crippen molar-refractivity contribution >= 4 is 17.8 Å². The molecule has 19 heavy (non-hydrogen) atoms. The molecule has 1 heterocycles. The highest BCUT2D eigenvalue weighted by Gasteiger charge is 2.24. The summed E-state index contributed by atoms with van der Waals surface area (Å²) >= 11 is 0. The van der Waals surface area contributed by atoms with Gasteiger partial charge in [-0.25, -0.2) is 0 Å². The number of ether oxygens (including phenoxy) is 1. The number of carbonyl (C=O) groups is 2. The third kappa shape index (κ3) is 4.23. The fraction of sp³-hybridized carbons (Fsp3) is 0.636. The van der Waals surface area contributed by atoms with Crippen molar-refractivity contribution in [3.05, 3.63) is 5.69 Å². The van der Waals surface area contributed by atoms with E-state index in [1.807, 2.05) is 0 Å². The van der Waals surface area contributed by atoms with Crippen molar-refractivity contribution in [2.24, 2.45) is 5.41 Å². The number of hydrogen-bond donors (Lipinski definition) is 3. The summed E-state index contributed by atoms with van der Waals surface area (Å²) in [4.78, 5) is 22.3. The Bertz CT molecular complexity index is 464. The van der Waals surface area contributed by atoms with Gasteiger partial charge < -0.3 is 15.2 Å². The minimum atomic E-state index is -1.01.